The summed E-state index contributed by atoms with van der Waals surface area (Å²) in [5.74, 6) is 0. The SMILES string of the molecule is O=[N+]([O-])c1c(/C=N/O)ccc2ncccc12. The Hall–Kier alpha value is -2.50. The lowest BCUT2D eigenvalue weighted by atomic mass is 10.1. The zero-order valence-electron chi connectivity index (χ0n) is 8.07. The maximum Gasteiger partial charge on any atom is 0.287 e. The summed E-state index contributed by atoms with van der Waals surface area (Å²) in [6.07, 6.45) is 2.59. The molecule has 6 heteroatoms. The van der Waals surface area contributed by atoms with Crippen molar-refractivity contribution in [1.82, 2.24) is 4.98 Å². The van der Waals surface area contributed by atoms with Gasteiger partial charge in [0.15, 0.2) is 0 Å². The van der Waals surface area contributed by atoms with Crippen LogP contribution in [0.2, 0.25) is 0 Å². The summed E-state index contributed by atoms with van der Waals surface area (Å²) in [5, 5.41) is 22.6. The molecule has 6 nitrogen and oxygen atoms in total. The molecule has 0 spiro atoms. The molecule has 1 aromatic carbocycles. The van der Waals surface area contributed by atoms with Gasteiger partial charge in [0.25, 0.3) is 5.69 Å². The smallest absolute Gasteiger partial charge is 0.287 e. The normalized spacial score (nSPS) is 11.0. The van der Waals surface area contributed by atoms with Crippen LogP contribution in [-0.4, -0.2) is 21.3 Å². The van der Waals surface area contributed by atoms with E-state index < -0.39 is 4.92 Å². The van der Waals surface area contributed by atoms with Crippen LogP contribution in [0.15, 0.2) is 35.6 Å². The van der Waals surface area contributed by atoms with Gasteiger partial charge in [-0.2, -0.15) is 0 Å². The number of hydrogen-bond donors (Lipinski definition) is 1. The van der Waals surface area contributed by atoms with Crippen molar-refractivity contribution in [2.45, 2.75) is 0 Å². The van der Waals surface area contributed by atoms with E-state index in [-0.39, 0.29) is 11.3 Å². The monoisotopic (exact) mass is 217 g/mol. The number of nitro benzene ring substituents is 1. The molecule has 0 saturated carbocycles. The molecule has 0 atom stereocenters. The van der Waals surface area contributed by atoms with E-state index in [1.807, 2.05) is 0 Å². The zero-order valence-corrected chi connectivity index (χ0v) is 8.07. The maximum absolute atomic E-state index is 10.9. The molecule has 80 valence electrons. The number of benzene rings is 1. The Bertz CT molecular complexity index is 581. The van der Waals surface area contributed by atoms with Gasteiger partial charge in [0.05, 0.1) is 27.6 Å². The topological polar surface area (TPSA) is 88.6 Å². The van der Waals surface area contributed by atoms with Crippen LogP contribution in [0.4, 0.5) is 5.69 Å². The molecule has 0 aliphatic heterocycles. The summed E-state index contributed by atoms with van der Waals surface area (Å²) in [6, 6.07) is 6.36. The number of pyridine rings is 1. The van der Waals surface area contributed by atoms with E-state index in [0.29, 0.717) is 10.9 Å². The Morgan fingerprint density at radius 3 is 2.94 bits per heavy atom. The third-order valence-electron chi connectivity index (χ3n) is 2.17. The molecule has 1 aromatic heterocycles. The maximum atomic E-state index is 10.9. The lowest BCUT2D eigenvalue weighted by molar-refractivity contribution is -0.383. The molecule has 16 heavy (non-hydrogen) atoms. The van der Waals surface area contributed by atoms with Gasteiger partial charge in [-0.25, -0.2) is 0 Å². The average Bonchev–Trinajstić information content (AvgIpc) is 2.28. The van der Waals surface area contributed by atoms with Crippen molar-refractivity contribution in [2.75, 3.05) is 0 Å². The van der Waals surface area contributed by atoms with Gasteiger partial charge in [0.2, 0.25) is 0 Å². The quantitative estimate of drug-likeness (QED) is 0.360. The highest BCUT2D eigenvalue weighted by molar-refractivity contribution is 5.98. The lowest BCUT2D eigenvalue weighted by Gasteiger charge is -2.01. The number of rotatable bonds is 2. The Labute approximate surface area is 90.0 Å². The van der Waals surface area contributed by atoms with E-state index in [9.17, 15) is 10.1 Å². The summed E-state index contributed by atoms with van der Waals surface area (Å²) < 4.78 is 0. The highest BCUT2D eigenvalue weighted by Gasteiger charge is 2.17. The van der Waals surface area contributed by atoms with Crippen molar-refractivity contribution in [1.29, 1.82) is 0 Å². The van der Waals surface area contributed by atoms with Gasteiger partial charge in [0, 0.05) is 6.20 Å². The molecule has 0 fully saturated rings. The highest BCUT2D eigenvalue weighted by atomic mass is 16.6. The minimum absolute atomic E-state index is 0.108. The van der Waals surface area contributed by atoms with Crippen molar-refractivity contribution in [3.8, 4) is 0 Å². The van der Waals surface area contributed by atoms with Crippen LogP contribution in [0.3, 0.4) is 0 Å². The van der Waals surface area contributed by atoms with Gasteiger partial charge in [-0.05, 0) is 24.3 Å². The lowest BCUT2D eigenvalue weighted by Crippen LogP contribution is -1.96. The first-order valence-corrected chi connectivity index (χ1v) is 4.43. The third-order valence-corrected chi connectivity index (χ3v) is 2.17. The van der Waals surface area contributed by atoms with Crippen LogP contribution >= 0.6 is 0 Å². The molecule has 0 aliphatic rings. The fourth-order valence-electron chi connectivity index (χ4n) is 1.52. The Morgan fingerprint density at radius 1 is 1.44 bits per heavy atom. The third kappa shape index (κ3) is 1.56. The molecule has 0 radical (unpaired) electrons. The van der Waals surface area contributed by atoms with Crippen molar-refractivity contribution in [2.24, 2.45) is 5.16 Å². The number of fused-ring (bicyclic) bond motifs is 1. The molecule has 2 aromatic rings. The van der Waals surface area contributed by atoms with Gasteiger partial charge in [-0.3, -0.25) is 15.1 Å². The minimum Gasteiger partial charge on any atom is -0.411 e. The first-order chi connectivity index (χ1) is 7.74. The Morgan fingerprint density at radius 2 is 2.25 bits per heavy atom. The first-order valence-electron chi connectivity index (χ1n) is 4.43. The summed E-state index contributed by atoms with van der Waals surface area (Å²) in [5.41, 5.74) is 0.667. The first kappa shape index (κ1) is 10.0. The van der Waals surface area contributed by atoms with Gasteiger partial charge in [0.1, 0.15) is 0 Å². The van der Waals surface area contributed by atoms with E-state index >= 15 is 0 Å². The van der Waals surface area contributed by atoms with Crippen molar-refractivity contribution >= 4 is 22.8 Å². The molecular formula is C10H7N3O3. The summed E-state index contributed by atoms with van der Waals surface area (Å²) >= 11 is 0. The average molecular weight is 217 g/mol. The molecule has 1 N–H and O–H groups in total. The fourth-order valence-corrected chi connectivity index (χ4v) is 1.52. The highest BCUT2D eigenvalue weighted by Crippen LogP contribution is 2.27. The van der Waals surface area contributed by atoms with Crippen LogP contribution in [0.1, 0.15) is 5.56 Å². The molecule has 2 rings (SSSR count). The van der Waals surface area contributed by atoms with Gasteiger partial charge >= 0.3 is 0 Å². The molecule has 0 bridgehead atoms. The number of aromatic nitrogens is 1. The molecule has 1 heterocycles. The van der Waals surface area contributed by atoms with E-state index in [0.717, 1.165) is 6.21 Å². The number of nitro groups is 1. The van der Waals surface area contributed by atoms with Crippen LogP contribution in [0, 0.1) is 10.1 Å². The summed E-state index contributed by atoms with van der Waals surface area (Å²) in [7, 11) is 0. The van der Waals surface area contributed by atoms with E-state index in [1.54, 1.807) is 24.4 Å². The predicted molar refractivity (Wildman–Crippen MR) is 57.8 cm³/mol. The number of hydrogen-bond acceptors (Lipinski definition) is 5. The Balaban J connectivity index is 2.84. The second kappa shape index (κ2) is 3.93. The number of nitrogens with zero attached hydrogens (tertiary/aromatic N) is 3. The second-order valence-corrected chi connectivity index (χ2v) is 3.08. The van der Waals surface area contributed by atoms with Crippen LogP contribution in [0.5, 0.6) is 0 Å². The zero-order chi connectivity index (χ0) is 11.5. The largest absolute Gasteiger partial charge is 0.411 e. The van der Waals surface area contributed by atoms with Crippen LogP contribution in [-0.2, 0) is 0 Å². The summed E-state index contributed by atoms with van der Waals surface area (Å²) in [4.78, 5) is 14.4. The molecule has 0 amide bonds. The van der Waals surface area contributed by atoms with E-state index in [4.69, 9.17) is 5.21 Å². The molecule has 0 aliphatic carbocycles. The summed E-state index contributed by atoms with van der Waals surface area (Å²) in [6.45, 7) is 0. The van der Waals surface area contributed by atoms with E-state index in [2.05, 4.69) is 10.1 Å². The van der Waals surface area contributed by atoms with Gasteiger partial charge in [-0.1, -0.05) is 5.16 Å². The molecular weight excluding hydrogens is 210 g/mol. The predicted octanol–water partition coefficient (Wildman–Crippen LogP) is 1.95. The standard InChI is InChI=1S/C10H7N3O3/c14-12-6-7-3-4-9-8(2-1-5-11-9)10(7)13(15)16/h1-6,14H/b12-6+. The van der Waals surface area contributed by atoms with Crippen molar-refractivity contribution < 1.29 is 10.1 Å². The number of oxime groups is 1. The second-order valence-electron chi connectivity index (χ2n) is 3.08. The minimum atomic E-state index is -0.513. The Kier molecular flexibility index (Phi) is 2.47. The van der Waals surface area contributed by atoms with Crippen molar-refractivity contribution in [3.05, 3.63) is 46.1 Å². The van der Waals surface area contributed by atoms with E-state index in [1.165, 1.54) is 6.07 Å². The molecule has 0 unspecified atom stereocenters. The van der Waals surface area contributed by atoms with Crippen LogP contribution < -0.4 is 0 Å². The van der Waals surface area contributed by atoms with Crippen LogP contribution in [0.25, 0.3) is 10.9 Å². The molecule has 0 saturated heterocycles. The van der Waals surface area contributed by atoms with Gasteiger partial charge in [-0.15, -0.1) is 0 Å². The van der Waals surface area contributed by atoms with Gasteiger partial charge < -0.3 is 5.21 Å². The van der Waals surface area contributed by atoms with Crippen molar-refractivity contribution in [3.63, 3.8) is 0 Å². The fraction of sp³-hybridized carbons (Fsp3) is 0.